The molecule has 0 radical (unpaired) electrons. The van der Waals surface area contributed by atoms with E-state index in [2.05, 4.69) is 20.4 Å². The highest BCUT2D eigenvalue weighted by Gasteiger charge is 2.49. The highest BCUT2D eigenvalue weighted by molar-refractivity contribution is 5.92. The summed E-state index contributed by atoms with van der Waals surface area (Å²) in [5.74, 6) is -0.546. The first-order valence-corrected chi connectivity index (χ1v) is 12.3. The van der Waals surface area contributed by atoms with Crippen molar-refractivity contribution in [3.63, 3.8) is 0 Å². The average molecular weight is 526 g/mol. The van der Waals surface area contributed by atoms with E-state index in [0.29, 0.717) is 36.6 Å². The smallest absolute Gasteiger partial charge is 0.270 e. The average Bonchev–Trinajstić information content (AvgIpc) is 3.22. The molecule has 38 heavy (non-hydrogen) atoms. The van der Waals surface area contributed by atoms with Crippen LogP contribution in [0.15, 0.2) is 35.4 Å². The van der Waals surface area contributed by atoms with E-state index in [1.54, 1.807) is 6.92 Å². The van der Waals surface area contributed by atoms with Crippen LogP contribution in [-0.2, 0) is 28.2 Å². The normalized spacial score (nSPS) is 21.2. The highest BCUT2D eigenvalue weighted by Crippen LogP contribution is 2.37. The van der Waals surface area contributed by atoms with E-state index in [1.165, 1.54) is 45.6 Å². The monoisotopic (exact) mass is 525 g/mol. The minimum absolute atomic E-state index is 0.00564. The fraction of sp³-hybridized carbons (Fsp3) is 0.440. The van der Waals surface area contributed by atoms with Gasteiger partial charge in [-0.25, -0.2) is 19.0 Å². The number of carbonyl (C=O) groups excluding carboxylic acids is 2. The number of aromatic nitrogens is 5. The molecule has 2 aliphatic rings. The molecule has 2 aromatic heterocycles. The van der Waals surface area contributed by atoms with Crippen LogP contribution in [0.4, 0.5) is 4.39 Å². The van der Waals surface area contributed by atoms with Crippen LogP contribution in [0.3, 0.4) is 0 Å². The zero-order valence-corrected chi connectivity index (χ0v) is 21.1. The fourth-order valence-electron chi connectivity index (χ4n) is 5.02. The number of fused-ring (bicyclic) bond motifs is 2. The summed E-state index contributed by atoms with van der Waals surface area (Å²) in [4.78, 5) is 48.2. The van der Waals surface area contributed by atoms with E-state index in [0.717, 1.165) is 6.07 Å². The zero-order valence-electron chi connectivity index (χ0n) is 21.1. The minimum Gasteiger partial charge on any atom is -0.388 e. The van der Waals surface area contributed by atoms with Crippen molar-refractivity contribution in [3.05, 3.63) is 69.7 Å². The van der Waals surface area contributed by atoms with Gasteiger partial charge < -0.3 is 20.1 Å². The molecule has 2 N–H and O–H groups in total. The van der Waals surface area contributed by atoms with Gasteiger partial charge in [0.15, 0.2) is 5.60 Å². The third-order valence-corrected chi connectivity index (χ3v) is 7.07. The predicted molar refractivity (Wildman–Crippen MR) is 131 cm³/mol. The maximum absolute atomic E-state index is 14.0. The van der Waals surface area contributed by atoms with E-state index in [4.69, 9.17) is 4.74 Å². The number of halogens is 1. The number of aliphatic hydroxyl groups is 1. The lowest BCUT2D eigenvalue weighted by Gasteiger charge is -2.44. The molecular weight excluding hydrogens is 497 g/mol. The van der Waals surface area contributed by atoms with Gasteiger partial charge in [-0.3, -0.25) is 19.0 Å². The number of benzene rings is 1. The molecule has 2 aliphatic heterocycles. The number of hydrogen-bond acceptors (Lipinski definition) is 8. The summed E-state index contributed by atoms with van der Waals surface area (Å²) < 4.78 is 23.0. The number of rotatable bonds is 4. The summed E-state index contributed by atoms with van der Waals surface area (Å²) in [5, 5.41) is 18.0. The quantitative estimate of drug-likeness (QED) is 0.499. The Morgan fingerprint density at radius 3 is 2.82 bits per heavy atom. The van der Waals surface area contributed by atoms with E-state index < -0.39 is 29.0 Å². The molecule has 5 rings (SSSR count). The number of nitrogens with one attached hydrogen (secondary N) is 1. The van der Waals surface area contributed by atoms with E-state index in [9.17, 15) is 23.9 Å². The fourth-order valence-corrected chi connectivity index (χ4v) is 5.02. The van der Waals surface area contributed by atoms with E-state index in [-0.39, 0.29) is 43.5 Å². The van der Waals surface area contributed by atoms with Crippen LogP contribution in [0, 0.1) is 12.7 Å². The Kier molecular flexibility index (Phi) is 6.80. The number of amides is 2. The third kappa shape index (κ3) is 4.58. The second-order valence-electron chi connectivity index (χ2n) is 9.45. The second kappa shape index (κ2) is 10.1. The summed E-state index contributed by atoms with van der Waals surface area (Å²) in [6.07, 6.45) is 0.965. The van der Waals surface area contributed by atoms with Crippen molar-refractivity contribution in [2.75, 3.05) is 19.7 Å². The van der Waals surface area contributed by atoms with Gasteiger partial charge in [0.1, 0.15) is 35.6 Å². The number of piperidine rings is 1. The molecule has 1 saturated heterocycles. The summed E-state index contributed by atoms with van der Waals surface area (Å²) in [6, 6.07) is 5.27. The number of aliphatic hydroxyl groups excluding tert-OH is 1. The molecule has 4 heterocycles. The van der Waals surface area contributed by atoms with Gasteiger partial charge in [-0.1, -0.05) is 6.07 Å². The number of nitrogens with zero attached hydrogens (tertiary/aromatic N) is 6. The predicted octanol–water partition coefficient (Wildman–Crippen LogP) is 0.430. The van der Waals surface area contributed by atoms with Crippen LogP contribution in [0.5, 0.6) is 0 Å². The topological polar surface area (TPSA) is 144 Å². The lowest BCUT2D eigenvalue weighted by atomic mass is 9.86. The largest absolute Gasteiger partial charge is 0.388 e. The Labute approximate surface area is 217 Å². The SMILES string of the molecule is CC(=O)N1CCC2(OCCCn3c2nc(C(=O)NCc2ccc(F)cc2-n2ncnc2C)cc3=O)C(O)C1. The van der Waals surface area contributed by atoms with Gasteiger partial charge in [-0.05, 0) is 31.0 Å². The number of aryl methyl sites for hydroxylation is 1. The zero-order chi connectivity index (χ0) is 27.0. The van der Waals surface area contributed by atoms with Crippen molar-refractivity contribution in [1.29, 1.82) is 0 Å². The molecule has 1 spiro atoms. The summed E-state index contributed by atoms with van der Waals surface area (Å²) in [7, 11) is 0. The molecule has 0 saturated carbocycles. The lowest BCUT2D eigenvalue weighted by molar-refractivity contribution is -0.172. The first-order valence-electron chi connectivity index (χ1n) is 12.3. The number of ether oxygens (including phenoxy) is 1. The second-order valence-corrected chi connectivity index (χ2v) is 9.45. The molecule has 2 unspecified atom stereocenters. The Hall–Kier alpha value is -3.97. The summed E-state index contributed by atoms with van der Waals surface area (Å²) in [6.45, 7) is 4.10. The molecule has 0 bridgehead atoms. The molecule has 0 aliphatic carbocycles. The van der Waals surface area contributed by atoms with Gasteiger partial charge in [0, 0.05) is 52.2 Å². The van der Waals surface area contributed by atoms with E-state index >= 15 is 0 Å². The van der Waals surface area contributed by atoms with Gasteiger partial charge >= 0.3 is 0 Å². The van der Waals surface area contributed by atoms with Gasteiger partial charge in [-0.15, -0.1) is 0 Å². The Morgan fingerprint density at radius 1 is 1.29 bits per heavy atom. The summed E-state index contributed by atoms with van der Waals surface area (Å²) >= 11 is 0. The molecule has 13 heteroatoms. The van der Waals surface area contributed by atoms with Crippen LogP contribution < -0.4 is 10.9 Å². The molecule has 3 aromatic rings. The lowest BCUT2D eigenvalue weighted by Crippen LogP contribution is -2.57. The molecule has 12 nitrogen and oxygen atoms in total. The molecule has 1 aromatic carbocycles. The van der Waals surface area contributed by atoms with Crippen molar-refractivity contribution in [2.45, 2.75) is 51.5 Å². The first kappa shape index (κ1) is 25.7. The van der Waals surface area contributed by atoms with Crippen LogP contribution in [0.25, 0.3) is 5.69 Å². The van der Waals surface area contributed by atoms with Crippen LogP contribution in [-0.4, -0.2) is 71.9 Å². The number of carbonyl (C=O) groups is 2. The number of hydrogen-bond donors (Lipinski definition) is 2. The Bertz CT molecular complexity index is 1450. The van der Waals surface area contributed by atoms with Crippen molar-refractivity contribution >= 4 is 11.8 Å². The number of β-amino-alcohol motifs (C(OH)–C–C–N with tert-alkyl or cyclic N) is 1. The molecular formula is C25H28FN7O5. The molecule has 200 valence electrons. The van der Waals surface area contributed by atoms with E-state index in [1.807, 2.05) is 0 Å². The van der Waals surface area contributed by atoms with Crippen molar-refractivity contribution < 1.29 is 23.8 Å². The maximum atomic E-state index is 14.0. The van der Waals surface area contributed by atoms with Crippen molar-refractivity contribution in [2.24, 2.45) is 0 Å². The molecule has 2 amide bonds. The first-order chi connectivity index (χ1) is 18.2. The number of likely N-dealkylation sites (tertiary alicyclic amines) is 1. The van der Waals surface area contributed by atoms with Crippen LogP contribution in [0.2, 0.25) is 0 Å². The van der Waals surface area contributed by atoms with Crippen molar-refractivity contribution in [1.82, 2.24) is 34.5 Å². The highest BCUT2D eigenvalue weighted by atomic mass is 19.1. The molecule has 1 fully saturated rings. The summed E-state index contributed by atoms with van der Waals surface area (Å²) in [5.41, 5.74) is -0.901. The van der Waals surface area contributed by atoms with Crippen LogP contribution >= 0.6 is 0 Å². The maximum Gasteiger partial charge on any atom is 0.270 e. The van der Waals surface area contributed by atoms with Gasteiger partial charge in [0.25, 0.3) is 11.5 Å². The van der Waals surface area contributed by atoms with Crippen LogP contribution in [0.1, 0.15) is 47.5 Å². The Balaban J connectivity index is 1.45. The third-order valence-electron chi connectivity index (χ3n) is 7.07. The van der Waals surface area contributed by atoms with Gasteiger partial charge in [-0.2, -0.15) is 5.10 Å². The standard InChI is InChI=1S/C25H28FN7O5/c1-15-28-14-29-33(15)20-10-18(26)5-4-17(20)12-27-23(37)19-11-22(36)32-7-3-9-38-25(24(32)30-19)6-8-31(16(2)34)13-21(25)35/h4-5,10-11,14,21,35H,3,6-9,12-13H2,1-2H3,(H,27,37). The van der Waals surface area contributed by atoms with Gasteiger partial charge in [0.2, 0.25) is 5.91 Å². The van der Waals surface area contributed by atoms with Crippen molar-refractivity contribution in [3.8, 4) is 5.69 Å². The van der Waals surface area contributed by atoms with Gasteiger partial charge in [0.05, 0.1) is 5.69 Å². The molecule has 2 atom stereocenters. The minimum atomic E-state index is -1.33. The Morgan fingerprint density at radius 2 is 2.11 bits per heavy atom.